The SMILES string of the molecule is COc1ccc2c(c1)C(=O)N(C[C@@H](C#Cc1cncnc1N)NC(=O)NC=O)C2. The molecule has 4 N–H and O–H groups in total. The number of rotatable bonds is 5. The number of nitrogen functional groups attached to an aromatic ring is 1. The second-order valence-electron chi connectivity index (χ2n) is 6.09. The predicted molar refractivity (Wildman–Crippen MR) is 103 cm³/mol. The highest BCUT2D eigenvalue weighted by molar-refractivity contribution is 5.98. The molecular weight excluding hydrogens is 376 g/mol. The van der Waals surface area contributed by atoms with Crippen LogP contribution in [0.25, 0.3) is 0 Å². The minimum Gasteiger partial charge on any atom is -0.497 e. The number of amides is 4. The van der Waals surface area contributed by atoms with Gasteiger partial charge in [-0.2, -0.15) is 0 Å². The largest absolute Gasteiger partial charge is 0.497 e. The Kier molecular flexibility index (Phi) is 5.89. The molecule has 1 aromatic carbocycles. The van der Waals surface area contributed by atoms with Crippen molar-refractivity contribution in [3.8, 4) is 17.6 Å². The smallest absolute Gasteiger partial charge is 0.322 e. The van der Waals surface area contributed by atoms with Crippen molar-refractivity contribution in [2.75, 3.05) is 19.4 Å². The van der Waals surface area contributed by atoms with E-state index in [1.165, 1.54) is 19.6 Å². The van der Waals surface area contributed by atoms with Crippen molar-refractivity contribution in [2.45, 2.75) is 12.6 Å². The first kappa shape index (κ1) is 19.6. The summed E-state index contributed by atoms with van der Waals surface area (Å²) in [6, 6.07) is 3.77. The van der Waals surface area contributed by atoms with Gasteiger partial charge in [0, 0.05) is 18.3 Å². The molecule has 10 nitrogen and oxygen atoms in total. The Morgan fingerprint density at radius 2 is 2.31 bits per heavy atom. The molecule has 4 amide bonds. The number of anilines is 1. The lowest BCUT2D eigenvalue weighted by atomic mass is 10.1. The van der Waals surface area contributed by atoms with Crippen molar-refractivity contribution in [3.63, 3.8) is 0 Å². The van der Waals surface area contributed by atoms with E-state index in [2.05, 4.69) is 27.1 Å². The molecule has 0 radical (unpaired) electrons. The average Bonchev–Trinajstić information content (AvgIpc) is 3.02. The predicted octanol–water partition coefficient (Wildman–Crippen LogP) is -0.101. The summed E-state index contributed by atoms with van der Waals surface area (Å²) in [5.74, 6) is 6.22. The highest BCUT2D eigenvalue weighted by Crippen LogP contribution is 2.26. The molecule has 0 saturated heterocycles. The maximum atomic E-state index is 12.7. The van der Waals surface area contributed by atoms with E-state index in [4.69, 9.17) is 10.5 Å². The molecule has 29 heavy (non-hydrogen) atoms. The number of fused-ring (bicyclic) bond motifs is 1. The molecule has 1 aliphatic rings. The summed E-state index contributed by atoms with van der Waals surface area (Å²) < 4.78 is 5.17. The highest BCUT2D eigenvalue weighted by Gasteiger charge is 2.29. The summed E-state index contributed by atoms with van der Waals surface area (Å²) in [5.41, 5.74) is 7.52. The molecule has 2 aromatic rings. The van der Waals surface area contributed by atoms with Crippen LogP contribution in [0.4, 0.5) is 10.6 Å². The van der Waals surface area contributed by atoms with Crippen molar-refractivity contribution in [1.29, 1.82) is 0 Å². The van der Waals surface area contributed by atoms with Crippen LogP contribution in [-0.4, -0.2) is 52.9 Å². The molecule has 0 unspecified atom stereocenters. The third-order valence-electron chi connectivity index (χ3n) is 4.22. The van der Waals surface area contributed by atoms with Crippen molar-refractivity contribution < 1.29 is 19.1 Å². The maximum Gasteiger partial charge on any atom is 0.322 e. The van der Waals surface area contributed by atoms with Crippen LogP contribution in [0.15, 0.2) is 30.7 Å². The Hall–Kier alpha value is -4.13. The zero-order chi connectivity index (χ0) is 20.8. The number of carbonyl (C=O) groups excluding carboxylic acids is 3. The van der Waals surface area contributed by atoms with E-state index in [1.807, 2.05) is 11.4 Å². The van der Waals surface area contributed by atoms with Crippen LogP contribution in [0.2, 0.25) is 0 Å². The summed E-state index contributed by atoms with van der Waals surface area (Å²) in [7, 11) is 1.53. The summed E-state index contributed by atoms with van der Waals surface area (Å²) >= 11 is 0. The number of methoxy groups -OCH3 is 1. The lowest BCUT2D eigenvalue weighted by Crippen LogP contribution is -2.46. The van der Waals surface area contributed by atoms with Crippen LogP contribution in [0.5, 0.6) is 5.75 Å². The first-order valence-electron chi connectivity index (χ1n) is 8.55. The fourth-order valence-corrected chi connectivity index (χ4v) is 2.82. The van der Waals surface area contributed by atoms with Gasteiger partial charge in [-0.3, -0.25) is 14.9 Å². The third-order valence-corrected chi connectivity index (χ3v) is 4.22. The number of nitrogens with zero attached hydrogens (tertiary/aromatic N) is 3. The lowest BCUT2D eigenvalue weighted by molar-refractivity contribution is -0.108. The van der Waals surface area contributed by atoms with Crippen LogP contribution < -0.4 is 21.1 Å². The second-order valence-corrected chi connectivity index (χ2v) is 6.09. The fraction of sp³-hybridized carbons (Fsp3) is 0.211. The molecule has 148 valence electrons. The van der Waals surface area contributed by atoms with E-state index in [9.17, 15) is 14.4 Å². The zero-order valence-electron chi connectivity index (χ0n) is 15.5. The minimum atomic E-state index is -0.769. The number of carbonyl (C=O) groups is 3. The fourth-order valence-electron chi connectivity index (χ4n) is 2.82. The molecule has 0 bridgehead atoms. The summed E-state index contributed by atoms with van der Waals surface area (Å²) in [4.78, 5) is 44.3. The maximum absolute atomic E-state index is 12.7. The van der Waals surface area contributed by atoms with E-state index in [0.29, 0.717) is 23.4 Å². The van der Waals surface area contributed by atoms with E-state index < -0.39 is 12.1 Å². The van der Waals surface area contributed by atoms with Gasteiger partial charge in [0.05, 0.1) is 19.2 Å². The molecule has 0 saturated carbocycles. The van der Waals surface area contributed by atoms with Gasteiger partial charge in [0.25, 0.3) is 5.91 Å². The van der Waals surface area contributed by atoms with E-state index in [0.717, 1.165) is 5.56 Å². The topological polar surface area (TPSA) is 140 Å². The highest BCUT2D eigenvalue weighted by atomic mass is 16.5. The number of imide groups is 1. The van der Waals surface area contributed by atoms with Crippen LogP contribution in [0, 0.1) is 11.8 Å². The number of ether oxygens (including phenoxy) is 1. The number of nitrogens with two attached hydrogens (primary N) is 1. The summed E-state index contributed by atoms with van der Waals surface area (Å²) in [6.45, 7) is 0.465. The minimum absolute atomic E-state index is 0.0999. The summed E-state index contributed by atoms with van der Waals surface area (Å²) in [5, 5.41) is 4.54. The molecule has 0 spiro atoms. The van der Waals surface area contributed by atoms with Gasteiger partial charge in [0.2, 0.25) is 6.41 Å². The Labute approximate surface area is 166 Å². The Morgan fingerprint density at radius 1 is 1.48 bits per heavy atom. The number of aromatic nitrogens is 2. The average molecular weight is 394 g/mol. The van der Waals surface area contributed by atoms with E-state index in [1.54, 1.807) is 17.0 Å². The van der Waals surface area contributed by atoms with Gasteiger partial charge in [-0.1, -0.05) is 17.9 Å². The van der Waals surface area contributed by atoms with Crippen molar-refractivity contribution in [3.05, 3.63) is 47.4 Å². The molecule has 1 atom stereocenters. The zero-order valence-corrected chi connectivity index (χ0v) is 15.5. The molecule has 1 aromatic heterocycles. The molecule has 2 heterocycles. The lowest BCUT2D eigenvalue weighted by Gasteiger charge is -2.21. The molecule has 1 aliphatic heterocycles. The van der Waals surface area contributed by atoms with Gasteiger partial charge in [0.1, 0.15) is 23.9 Å². The van der Waals surface area contributed by atoms with Gasteiger partial charge in [-0.15, -0.1) is 0 Å². The van der Waals surface area contributed by atoms with Crippen LogP contribution in [0.3, 0.4) is 0 Å². The third kappa shape index (κ3) is 4.59. The normalized spacial score (nSPS) is 13.0. The van der Waals surface area contributed by atoms with Gasteiger partial charge < -0.3 is 20.7 Å². The number of benzene rings is 1. The molecule has 10 heteroatoms. The molecule has 3 rings (SSSR count). The van der Waals surface area contributed by atoms with Gasteiger partial charge in [0.15, 0.2) is 0 Å². The van der Waals surface area contributed by atoms with Gasteiger partial charge in [-0.05, 0) is 17.7 Å². The quantitative estimate of drug-likeness (QED) is 0.475. The monoisotopic (exact) mass is 394 g/mol. The molecule has 0 aliphatic carbocycles. The standard InChI is InChI=1S/C19H18N6O4/c1-29-15-5-3-13-8-25(18(27)16(13)6-15)9-14(24-19(28)23-11-26)4-2-12-7-21-10-22-17(12)20/h3,5-7,10-11,14H,8-9H2,1H3,(H2,20,21,22)(H2,23,24,26,28)/t14-/m1/s1. The van der Waals surface area contributed by atoms with Gasteiger partial charge >= 0.3 is 6.03 Å². The van der Waals surface area contributed by atoms with Gasteiger partial charge in [-0.25, -0.2) is 14.8 Å². The van der Waals surface area contributed by atoms with Crippen LogP contribution in [-0.2, 0) is 11.3 Å². The molecule has 0 fully saturated rings. The van der Waals surface area contributed by atoms with Crippen LogP contribution in [0.1, 0.15) is 21.5 Å². The summed E-state index contributed by atoms with van der Waals surface area (Å²) in [6.07, 6.45) is 3.00. The first-order chi connectivity index (χ1) is 14.0. The Balaban J connectivity index is 1.80. The van der Waals surface area contributed by atoms with Crippen molar-refractivity contribution in [1.82, 2.24) is 25.5 Å². The number of hydrogen-bond acceptors (Lipinski definition) is 7. The van der Waals surface area contributed by atoms with Crippen LogP contribution >= 0.6 is 0 Å². The van der Waals surface area contributed by atoms with E-state index >= 15 is 0 Å². The number of nitrogens with one attached hydrogen (secondary N) is 2. The number of urea groups is 1. The van der Waals surface area contributed by atoms with Crippen molar-refractivity contribution >= 4 is 24.2 Å². The van der Waals surface area contributed by atoms with E-state index in [-0.39, 0.29) is 24.7 Å². The second kappa shape index (κ2) is 8.71. The van der Waals surface area contributed by atoms with Crippen molar-refractivity contribution in [2.24, 2.45) is 0 Å². The Morgan fingerprint density at radius 3 is 3.03 bits per heavy atom. The Bertz CT molecular complexity index is 1010. The first-order valence-corrected chi connectivity index (χ1v) is 8.55. The molecular formula is C19H18N6O4. The number of hydrogen-bond donors (Lipinski definition) is 3.